The zero-order valence-electron chi connectivity index (χ0n) is 8.74. The van der Waals surface area contributed by atoms with Crippen LogP contribution in [0, 0.1) is 0 Å². The smallest absolute Gasteiger partial charge is 0.305 e. The first-order chi connectivity index (χ1) is 7.56. The van der Waals surface area contributed by atoms with E-state index in [1.165, 1.54) is 25.3 Å². The first kappa shape index (κ1) is 12.4. The molecule has 0 atom stereocenters. The molecule has 1 aromatic carbocycles. The Kier molecular flexibility index (Phi) is 4.22. The van der Waals surface area contributed by atoms with Gasteiger partial charge in [0.05, 0.1) is 7.11 Å². The van der Waals surface area contributed by atoms with Crippen molar-refractivity contribution in [3.63, 3.8) is 0 Å². The molecule has 0 unspecified atom stereocenters. The first-order valence-corrected chi connectivity index (χ1v) is 4.72. The molecule has 0 radical (unpaired) electrons. The summed E-state index contributed by atoms with van der Waals surface area (Å²) < 4.78 is 29.6. The Hall–Kier alpha value is -1.65. The largest absolute Gasteiger partial charge is 0.508 e. The van der Waals surface area contributed by atoms with E-state index >= 15 is 0 Å². The predicted molar refractivity (Wildman–Crippen MR) is 53.4 cm³/mol. The highest BCUT2D eigenvalue weighted by atomic mass is 19.3. The molecule has 0 saturated heterocycles. The van der Waals surface area contributed by atoms with Gasteiger partial charge in [0.1, 0.15) is 5.75 Å². The number of carbonyl (C=O) groups excluding carboxylic acids is 1. The van der Waals surface area contributed by atoms with Gasteiger partial charge in [-0.05, 0) is 12.5 Å². The van der Waals surface area contributed by atoms with Crippen molar-refractivity contribution in [1.29, 1.82) is 0 Å². The SMILES string of the molecule is COC(=O)CCc1c(O)cccc1C(F)F. The van der Waals surface area contributed by atoms with Crippen LogP contribution in [-0.2, 0) is 16.0 Å². The van der Waals surface area contributed by atoms with Crippen LogP contribution >= 0.6 is 0 Å². The van der Waals surface area contributed by atoms with Crippen LogP contribution in [0.1, 0.15) is 24.0 Å². The molecule has 0 amide bonds. The molecule has 0 bridgehead atoms. The van der Waals surface area contributed by atoms with Crippen LogP contribution in [0.15, 0.2) is 18.2 Å². The number of esters is 1. The van der Waals surface area contributed by atoms with Crippen molar-refractivity contribution in [1.82, 2.24) is 0 Å². The lowest BCUT2D eigenvalue weighted by Gasteiger charge is -2.09. The van der Waals surface area contributed by atoms with E-state index in [2.05, 4.69) is 4.74 Å². The number of ether oxygens (including phenoxy) is 1. The van der Waals surface area contributed by atoms with E-state index < -0.39 is 12.4 Å². The first-order valence-electron chi connectivity index (χ1n) is 4.72. The van der Waals surface area contributed by atoms with Gasteiger partial charge < -0.3 is 9.84 Å². The maximum atomic E-state index is 12.6. The Morgan fingerprint density at radius 2 is 2.19 bits per heavy atom. The summed E-state index contributed by atoms with van der Waals surface area (Å²) in [5, 5.41) is 9.44. The second-order valence-corrected chi connectivity index (χ2v) is 3.22. The third-order valence-electron chi connectivity index (χ3n) is 2.23. The molecule has 0 aliphatic carbocycles. The number of alkyl halides is 2. The van der Waals surface area contributed by atoms with Gasteiger partial charge in [-0.1, -0.05) is 12.1 Å². The number of hydrogen-bond donors (Lipinski definition) is 1. The number of carbonyl (C=O) groups is 1. The number of methoxy groups -OCH3 is 1. The lowest BCUT2D eigenvalue weighted by molar-refractivity contribution is -0.140. The number of benzene rings is 1. The Bertz CT molecular complexity index is 377. The molecule has 1 rings (SSSR count). The number of phenols is 1. The van der Waals surface area contributed by atoms with Crippen LogP contribution in [0.25, 0.3) is 0 Å². The second kappa shape index (κ2) is 5.44. The number of rotatable bonds is 4. The molecule has 88 valence electrons. The molecular weight excluding hydrogens is 218 g/mol. The van der Waals surface area contributed by atoms with Crippen molar-refractivity contribution >= 4 is 5.97 Å². The Morgan fingerprint density at radius 3 is 2.75 bits per heavy atom. The maximum absolute atomic E-state index is 12.6. The molecule has 3 nitrogen and oxygen atoms in total. The summed E-state index contributed by atoms with van der Waals surface area (Å²) in [4.78, 5) is 10.9. The van der Waals surface area contributed by atoms with Crippen LogP contribution in [0.5, 0.6) is 5.75 Å². The van der Waals surface area contributed by atoms with Gasteiger partial charge >= 0.3 is 5.97 Å². The molecular formula is C11H12F2O3. The quantitative estimate of drug-likeness (QED) is 0.808. The highest BCUT2D eigenvalue weighted by molar-refractivity contribution is 5.69. The van der Waals surface area contributed by atoms with E-state index in [1.807, 2.05) is 0 Å². The van der Waals surface area contributed by atoms with Crippen molar-refractivity contribution in [2.45, 2.75) is 19.3 Å². The fourth-order valence-electron chi connectivity index (χ4n) is 1.40. The van der Waals surface area contributed by atoms with E-state index in [-0.39, 0.29) is 29.7 Å². The molecule has 0 heterocycles. The average Bonchev–Trinajstić information content (AvgIpc) is 2.26. The Morgan fingerprint density at radius 1 is 1.50 bits per heavy atom. The van der Waals surface area contributed by atoms with Gasteiger partial charge in [0, 0.05) is 17.5 Å². The molecule has 16 heavy (non-hydrogen) atoms. The van der Waals surface area contributed by atoms with Gasteiger partial charge in [-0.3, -0.25) is 4.79 Å². The number of halogens is 2. The number of hydrogen-bond acceptors (Lipinski definition) is 3. The van der Waals surface area contributed by atoms with E-state index in [1.54, 1.807) is 0 Å². The monoisotopic (exact) mass is 230 g/mol. The molecule has 0 saturated carbocycles. The highest BCUT2D eigenvalue weighted by Gasteiger charge is 2.16. The molecule has 0 aliphatic rings. The van der Waals surface area contributed by atoms with E-state index in [4.69, 9.17) is 0 Å². The third-order valence-corrected chi connectivity index (χ3v) is 2.23. The Balaban J connectivity index is 2.88. The molecule has 0 fully saturated rings. The summed E-state index contributed by atoms with van der Waals surface area (Å²) in [6.07, 6.45) is -2.66. The average molecular weight is 230 g/mol. The topological polar surface area (TPSA) is 46.5 Å². The van der Waals surface area contributed by atoms with Crippen molar-refractivity contribution < 1.29 is 23.4 Å². The van der Waals surface area contributed by atoms with E-state index in [0.717, 1.165) is 0 Å². The van der Waals surface area contributed by atoms with Crippen LogP contribution in [0.3, 0.4) is 0 Å². The molecule has 0 aliphatic heterocycles. The number of phenolic OH excluding ortho intramolecular Hbond substituents is 1. The van der Waals surface area contributed by atoms with Crippen LogP contribution in [-0.4, -0.2) is 18.2 Å². The van der Waals surface area contributed by atoms with Gasteiger partial charge in [0.15, 0.2) is 0 Å². The lowest BCUT2D eigenvalue weighted by Crippen LogP contribution is -2.04. The van der Waals surface area contributed by atoms with Gasteiger partial charge in [0.25, 0.3) is 6.43 Å². The van der Waals surface area contributed by atoms with Crippen molar-refractivity contribution in [2.75, 3.05) is 7.11 Å². The zero-order valence-corrected chi connectivity index (χ0v) is 8.74. The maximum Gasteiger partial charge on any atom is 0.305 e. The lowest BCUT2D eigenvalue weighted by atomic mass is 10.0. The van der Waals surface area contributed by atoms with Crippen LogP contribution < -0.4 is 0 Å². The van der Waals surface area contributed by atoms with Gasteiger partial charge in [0.2, 0.25) is 0 Å². The predicted octanol–water partition coefficient (Wildman–Crippen LogP) is 2.44. The summed E-state index contributed by atoms with van der Waals surface area (Å²) in [7, 11) is 1.22. The van der Waals surface area contributed by atoms with Gasteiger partial charge in [-0.25, -0.2) is 8.78 Å². The summed E-state index contributed by atoms with van der Waals surface area (Å²) in [6, 6.07) is 3.90. The Labute approximate surface area is 91.7 Å². The van der Waals surface area contributed by atoms with E-state index in [9.17, 15) is 18.7 Å². The fraction of sp³-hybridized carbons (Fsp3) is 0.364. The minimum Gasteiger partial charge on any atom is -0.508 e. The third kappa shape index (κ3) is 2.92. The minimum absolute atomic E-state index is 0.0339. The normalized spacial score (nSPS) is 10.5. The summed E-state index contributed by atoms with van der Waals surface area (Å²) in [6.45, 7) is 0. The van der Waals surface area contributed by atoms with Crippen LogP contribution in [0.4, 0.5) is 8.78 Å². The zero-order chi connectivity index (χ0) is 12.1. The van der Waals surface area contributed by atoms with Gasteiger partial charge in [-0.2, -0.15) is 0 Å². The van der Waals surface area contributed by atoms with Crippen molar-refractivity contribution in [3.8, 4) is 5.75 Å². The molecule has 1 N–H and O–H groups in total. The molecule has 5 heteroatoms. The highest BCUT2D eigenvalue weighted by Crippen LogP contribution is 2.30. The summed E-state index contributed by atoms with van der Waals surface area (Å²) in [5.41, 5.74) is -0.146. The minimum atomic E-state index is -2.67. The second-order valence-electron chi connectivity index (χ2n) is 3.22. The number of aromatic hydroxyl groups is 1. The summed E-state index contributed by atoms with van der Waals surface area (Å²) in [5.74, 6) is -0.717. The molecule has 0 spiro atoms. The molecule has 0 aromatic heterocycles. The van der Waals surface area contributed by atoms with Crippen molar-refractivity contribution in [2.24, 2.45) is 0 Å². The van der Waals surface area contributed by atoms with E-state index in [0.29, 0.717) is 0 Å². The fourth-order valence-corrected chi connectivity index (χ4v) is 1.40. The van der Waals surface area contributed by atoms with Gasteiger partial charge in [-0.15, -0.1) is 0 Å². The van der Waals surface area contributed by atoms with Crippen molar-refractivity contribution in [3.05, 3.63) is 29.3 Å². The standard InChI is InChI=1S/C11H12F2O3/c1-16-10(15)6-5-7-8(11(12)13)3-2-4-9(7)14/h2-4,11,14H,5-6H2,1H3. The van der Waals surface area contributed by atoms with Crippen LogP contribution in [0.2, 0.25) is 0 Å². The summed E-state index contributed by atoms with van der Waals surface area (Å²) >= 11 is 0. The molecule has 1 aromatic rings.